The summed E-state index contributed by atoms with van der Waals surface area (Å²) in [6.45, 7) is 4.40. The van der Waals surface area contributed by atoms with Gasteiger partial charge in [0.1, 0.15) is 11.5 Å². The Hall–Kier alpha value is -1.18. The molecule has 0 spiro atoms. The third-order valence-corrected chi connectivity index (χ3v) is 3.05. The van der Waals surface area contributed by atoms with E-state index in [1.54, 1.807) is 18.2 Å². The smallest absolute Gasteiger partial charge is 0.130 e. The Bertz CT molecular complexity index is 544. The summed E-state index contributed by atoms with van der Waals surface area (Å²) in [4.78, 5) is 0. The Morgan fingerprint density at radius 3 is 2.26 bits per heavy atom. The van der Waals surface area contributed by atoms with Crippen molar-refractivity contribution in [2.75, 3.05) is 0 Å². The molecule has 0 unspecified atom stereocenters. The van der Waals surface area contributed by atoms with E-state index in [-0.39, 0.29) is 0 Å². The van der Waals surface area contributed by atoms with Crippen LogP contribution >= 0.6 is 23.2 Å². The van der Waals surface area contributed by atoms with Gasteiger partial charge < -0.3 is 4.74 Å². The van der Waals surface area contributed by atoms with Gasteiger partial charge in [0, 0.05) is 10.0 Å². The molecule has 0 aliphatic heterocycles. The summed E-state index contributed by atoms with van der Waals surface area (Å²) in [5.74, 6) is 2.08. The molecule has 0 N–H and O–H groups in total. The second-order valence-electron chi connectivity index (χ2n) is 4.95. The molecule has 0 radical (unpaired) electrons. The minimum Gasteiger partial charge on any atom is -0.457 e. The van der Waals surface area contributed by atoms with Gasteiger partial charge in [-0.3, -0.25) is 0 Å². The summed E-state index contributed by atoms with van der Waals surface area (Å²) >= 11 is 11.9. The van der Waals surface area contributed by atoms with Crippen molar-refractivity contribution < 1.29 is 4.74 Å². The Morgan fingerprint density at radius 2 is 1.63 bits per heavy atom. The van der Waals surface area contributed by atoms with Crippen LogP contribution in [-0.2, 0) is 6.42 Å². The number of hydrogen-bond donors (Lipinski definition) is 0. The van der Waals surface area contributed by atoms with Gasteiger partial charge in [-0.05, 0) is 48.2 Å². The molecule has 0 heterocycles. The maximum absolute atomic E-state index is 5.95. The van der Waals surface area contributed by atoms with Crippen molar-refractivity contribution in [1.29, 1.82) is 0 Å². The normalized spacial score (nSPS) is 10.8. The topological polar surface area (TPSA) is 9.23 Å². The molecule has 0 bridgehead atoms. The molecule has 0 saturated carbocycles. The summed E-state index contributed by atoms with van der Waals surface area (Å²) in [5, 5.41) is 1.14. The lowest BCUT2D eigenvalue weighted by atomic mass is 10.0. The maximum atomic E-state index is 5.95. The van der Waals surface area contributed by atoms with E-state index in [1.165, 1.54) is 5.56 Å². The predicted octanol–water partition coefficient (Wildman–Crippen LogP) is 5.98. The maximum Gasteiger partial charge on any atom is 0.130 e. The van der Waals surface area contributed by atoms with Crippen LogP contribution in [0.5, 0.6) is 11.5 Å². The van der Waals surface area contributed by atoms with Crippen molar-refractivity contribution in [3.63, 3.8) is 0 Å². The Morgan fingerprint density at radius 1 is 0.947 bits per heavy atom. The molecule has 1 nitrogen and oxygen atoms in total. The lowest BCUT2D eigenvalue weighted by molar-refractivity contribution is 0.481. The van der Waals surface area contributed by atoms with Gasteiger partial charge in [0.15, 0.2) is 0 Å². The highest BCUT2D eigenvalue weighted by molar-refractivity contribution is 6.34. The van der Waals surface area contributed by atoms with Crippen molar-refractivity contribution >= 4 is 23.2 Å². The Kier molecular flexibility index (Phi) is 4.73. The minimum absolute atomic E-state index is 0.570. The summed E-state index contributed by atoms with van der Waals surface area (Å²) < 4.78 is 5.79. The van der Waals surface area contributed by atoms with Gasteiger partial charge in [-0.2, -0.15) is 0 Å². The van der Waals surface area contributed by atoms with E-state index in [1.807, 2.05) is 12.1 Å². The molecule has 0 aliphatic rings. The van der Waals surface area contributed by atoms with E-state index in [0.29, 0.717) is 21.7 Å². The fourth-order valence-corrected chi connectivity index (χ4v) is 2.44. The monoisotopic (exact) mass is 294 g/mol. The van der Waals surface area contributed by atoms with Crippen LogP contribution < -0.4 is 4.74 Å². The number of rotatable bonds is 4. The fourth-order valence-electron chi connectivity index (χ4n) is 1.93. The molecule has 0 atom stereocenters. The van der Waals surface area contributed by atoms with Gasteiger partial charge in [0.2, 0.25) is 0 Å². The zero-order valence-corrected chi connectivity index (χ0v) is 12.5. The van der Waals surface area contributed by atoms with Gasteiger partial charge in [-0.1, -0.05) is 49.2 Å². The van der Waals surface area contributed by atoms with Gasteiger partial charge in [-0.25, -0.2) is 0 Å². The number of hydrogen-bond acceptors (Lipinski definition) is 1. The molecule has 0 fully saturated rings. The van der Waals surface area contributed by atoms with E-state index in [4.69, 9.17) is 27.9 Å². The first-order valence-electron chi connectivity index (χ1n) is 6.26. The van der Waals surface area contributed by atoms with E-state index < -0.39 is 0 Å². The van der Waals surface area contributed by atoms with Crippen LogP contribution in [0.25, 0.3) is 0 Å². The molecule has 0 aromatic heterocycles. The van der Waals surface area contributed by atoms with E-state index >= 15 is 0 Å². The van der Waals surface area contributed by atoms with Crippen LogP contribution in [0, 0.1) is 5.92 Å². The highest BCUT2D eigenvalue weighted by Crippen LogP contribution is 2.28. The summed E-state index contributed by atoms with van der Waals surface area (Å²) in [7, 11) is 0. The second-order valence-corrected chi connectivity index (χ2v) is 5.83. The molecule has 3 heteroatoms. The first-order chi connectivity index (χ1) is 9.02. The summed E-state index contributed by atoms with van der Waals surface area (Å²) in [5.41, 5.74) is 1.26. The van der Waals surface area contributed by atoms with Crippen molar-refractivity contribution in [3.8, 4) is 11.5 Å². The van der Waals surface area contributed by atoms with Gasteiger partial charge in [0.25, 0.3) is 0 Å². The van der Waals surface area contributed by atoms with Crippen molar-refractivity contribution in [1.82, 2.24) is 0 Å². The largest absolute Gasteiger partial charge is 0.457 e. The standard InChI is InChI=1S/C16H16Cl2O/c1-11(2)6-12-4-3-5-15(7-12)19-16-9-13(17)8-14(18)10-16/h3-5,7-11H,6H2,1-2H3. The lowest BCUT2D eigenvalue weighted by Gasteiger charge is -2.09. The van der Waals surface area contributed by atoms with E-state index in [9.17, 15) is 0 Å². The SMILES string of the molecule is CC(C)Cc1cccc(Oc2cc(Cl)cc(Cl)c2)c1. The molecule has 19 heavy (non-hydrogen) atoms. The van der Waals surface area contributed by atoms with Crippen molar-refractivity contribution in [2.45, 2.75) is 20.3 Å². The molecule has 100 valence electrons. The number of halogens is 2. The highest BCUT2D eigenvalue weighted by Gasteiger charge is 2.03. The van der Waals surface area contributed by atoms with Gasteiger partial charge in [-0.15, -0.1) is 0 Å². The first kappa shape index (κ1) is 14.2. The Labute approximate surface area is 124 Å². The quantitative estimate of drug-likeness (QED) is 0.673. The van der Waals surface area contributed by atoms with Crippen LogP contribution in [-0.4, -0.2) is 0 Å². The number of benzene rings is 2. The summed E-state index contributed by atoms with van der Waals surface area (Å²) in [6, 6.07) is 13.3. The highest BCUT2D eigenvalue weighted by atomic mass is 35.5. The minimum atomic E-state index is 0.570. The first-order valence-corrected chi connectivity index (χ1v) is 7.01. The van der Waals surface area contributed by atoms with E-state index in [0.717, 1.165) is 12.2 Å². The van der Waals surface area contributed by atoms with Crippen molar-refractivity contribution in [3.05, 3.63) is 58.1 Å². The number of ether oxygens (including phenoxy) is 1. The third-order valence-electron chi connectivity index (χ3n) is 2.61. The molecule has 2 aromatic rings. The zero-order chi connectivity index (χ0) is 13.8. The lowest BCUT2D eigenvalue weighted by Crippen LogP contribution is -1.94. The molecule has 2 aromatic carbocycles. The van der Waals surface area contributed by atoms with Crippen LogP contribution in [0.15, 0.2) is 42.5 Å². The molecule has 0 saturated heterocycles. The molecular formula is C16H16Cl2O. The van der Waals surface area contributed by atoms with Crippen LogP contribution in [0.3, 0.4) is 0 Å². The summed E-state index contributed by atoms with van der Waals surface area (Å²) in [6.07, 6.45) is 1.04. The van der Waals surface area contributed by atoms with Crippen LogP contribution in [0.4, 0.5) is 0 Å². The molecule has 0 aliphatic carbocycles. The average Bonchev–Trinajstić information content (AvgIpc) is 2.26. The fraction of sp³-hybridized carbons (Fsp3) is 0.250. The van der Waals surface area contributed by atoms with Crippen molar-refractivity contribution in [2.24, 2.45) is 5.92 Å². The second kappa shape index (κ2) is 6.31. The average molecular weight is 295 g/mol. The van der Waals surface area contributed by atoms with Crippen LogP contribution in [0.2, 0.25) is 10.0 Å². The predicted molar refractivity (Wildman–Crippen MR) is 81.5 cm³/mol. The zero-order valence-electron chi connectivity index (χ0n) is 11.0. The van der Waals surface area contributed by atoms with Gasteiger partial charge >= 0.3 is 0 Å². The van der Waals surface area contributed by atoms with E-state index in [2.05, 4.69) is 26.0 Å². The third kappa shape index (κ3) is 4.45. The van der Waals surface area contributed by atoms with Crippen LogP contribution in [0.1, 0.15) is 19.4 Å². The molecule has 0 amide bonds. The Balaban J connectivity index is 2.18. The molecular weight excluding hydrogens is 279 g/mol. The van der Waals surface area contributed by atoms with Gasteiger partial charge in [0.05, 0.1) is 0 Å². The molecule has 2 rings (SSSR count).